The molecule has 0 spiro atoms. The van der Waals surface area contributed by atoms with Crippen LogP contribution in [0.3, 0.4) is 0 Å². The molecule has 22 heavy (non-hydrogen) atoms. The second-order valence-electron chi connectivity index (χ2n) is 5.17. The molecule has 0 radical (unpaired) electrons. The number of aryl methyl sites for hydroxylation is 2. The van der Waals surface area contributed by atoms with E-state index in [1.807, 2.05) is 13.8 Å². The van der Waals surface area contributed by atoms with Gasteiger partial charge in [0.2, 0.25) is 0 Å². The fourth-order valence-electron chi connectivity index (χ4n) is 2.52. The molecule has 0 amide bonds. The Hall–Kier alpha value is -2.76. The van der Waals surface area contributed by atoms with Gasteiger partial charge in [0.15, 0.2) is 0 Å². The van der Waals surface area contributed by atoms with Crippen LogP contribution in [0, 0.1) is 19.7 Å². The lowest BCUT2D eigenvalue weighted by Gasteiger charge is -2.10. The number of fused-ring (bicyclic) bond motifs is 1. The summed E-state index contributed by atoms with van der Waals surface area (Å²) in [6.45, 7) is 3.96. The first-order valence-corrected chi connectivity index (χ1v) is 6.77. The van der Waals surface area contributed by atoms with Crippen molar-refractivity contribution in [2.75, 3.05) is 0 Å². The number of aromatic nitrogens is 3. The van der Waals surface area contributed by atoms with Crippen molar-refractivity contribution >= 4 is 16.9 Å². The van der Waals surface area contributed by atoms with Crippen LogP contribution in [0.25, 0.3) is 10.9 Å². The number of carbonyl (C=O) groups is 1. The van der Waals surface area contributed by atoms with Gasteiger partial charge >= 0.3 is 5.97 Å². The third kappa shape index (κ3) is 2.43. The van der Waals surface area contributed by atoms with Gasteiger partial charge in [0.25, 0.3) is 0 Å². The van der Waals surface area contributed by atoms with E-state index in [-0.39, 0.29) is 12.2 Å². The summed E-state index contributed by atoms with van der Waals surface area (Å²) in [4.78, 5) is 20.1. The highest BCUT2D eigenvalue weighted by Crippen LogP contribution is 2.22. The Morgan fingerprint density at radius 3 is 2.77 bits per heavy atom. The average Bonchev–Trinajstić information content (AvgIpc) is 2.80. The highest BCUT2D eigenvalue weighted by molar-refractivity contribution is 5.94. The van der Waals surface area contributed by atoms with Crippen molar-refractivity contribution in [3.8, 4) is 0 Å². The molecule has 112 valence electrons. The van der Waals surface area contributed by atoms with Crippen LogP contribution in [-0.2, 0) is 6.54 Å². The van der Waals surface area contributed by atoms with E-state index in [0.717, 1.165) is 11.4 Å². The maximum absolute atomic E-state index is 13.3. The van der Waals surface area contributed by atoms with E-state index in [9.17, 15) is 14.3 Å². The van der Waals surface area contributed by atoms with Gasteiger partial charge in [0.1, 0.15) is 11.5 Å². The Balaban J connectivity index is 2.16. The molecule has 0 fully saturated rings. The average molecular weight is 299 g/mol. The number of nitrogens with zero attached hydrogens (tertiary/aromatic N) is 3. The summed E-state index contributed by atoms with van der Waals surface area (Å²) in [5, 5.41) is 9.93. The van der Waals surface area contributed by atoms with Gasteiger partial charge in [-0.2, -0.15) is 0 Å². The predicted molar refractivity (Wildman–Crippen MR) is 79.5 cm³/mol. The van der Waals surface area contributed by atoms with Gasteiger partial charge in [-0.15, -0.1) is 0 Å². The van der Waals surface area contributed by atoms with E-state index in [1.165, 1.54) is 18.2 Å². The van der Waals surface area contributed by atoms with E-state index in [4.69, 9.17) is 0 Å². The monoisotopic (exact) mass is 299 g/mol. The summed E-state index contributed by atoms with van der Waals surface area (Å²) < 4.78 is 14.9. The molecule has 3 aromatic rings. The lowest BCUT2D eigenvalue weighted by molar-refractivity contribution is 0.0686. The molecule has 0 unspecified atom stereocenters. The third-order valence-corrected chi connectivity index (χ3v) is 3.56. The molecular formula is C16H14FN3O2. The fraction of sp³-hybridized carbons (Fsp3) is 0.188. The summed E-state index contributed by atoms with van der Waals surface area (Å²) in [6, 6.07) is 5.69. The fourth-order valence-corrected chi connectivity index (χ4v) is 2.52. The number of halogens is 1. The third-order valence-electron chi connectivity index (χ3n) is 3.56. The molecule has 0 aliphatic rings. The molecule has 2 aromatic heterocycles. The van der Waals surface area contributed by atoms with E-state index >= 15 is 0 Å². The van der Waals surface area contributed by atoms with Crippen molar-refractivity contribution in [3.63, 3.8) is 0 Å². The maximum Gasteiger partial charge on any atom is 0.352 e. The zero-order valence-corrected chi connectivity index (χ0v) is 12.2. The molecule has 5 nitrogen and oxygen atoms in total. The van der Waals surface area contributed by atoms with Crippen LogP contribution in [0.4, 0.5) is 4.39 Å². The van der Waals surface area contributed by atoms with Crippen LogP contribution in [0.5, 0.6) is 0 Å². The summed E-state index contributed by atoms with van der Waals surface area (Å²) in [5.41, 5.74) is 3.00. The summed E-state index contributed by atoms with van der Waals surface area (Å²) in [7, 11) is 0. The molecule has 0 saturated heterocycles. The molecule has 2 heterocycles. The number of benzene rings is 1. The van der Waals surface area contributed by atoms with E-state index in [0.29, 0.717) is 16.6 Å². The van der Waals surface area contributed by atoms with Crippen LogP contribution in [0.2, 0.25) is 0 Å². The molecule has 6 heteroatoms. The summed E-state index contributed by atoms with van der Waals surface area (Å²) in [5.74, 6) is -1.46. The Morgan fingerprint density at radius 2 is 2.09 bits per heavy atom. The minimum Gasteiger partial charge on any atom is -0.477 e. The highest BCUT2D eigenvalue weighted by atomic mass is 19.1. The van der Waals surface area contributed by atoms with Crippen molar-refractivity contribution in [3.05, 3.63) is 59.1 Å². The van der Waals surface area contributed by atoms with Gasteiger partial charge in [0.05, 0.1) is 23.6 Å². The second-order valence-corrected chi connectivity index (χ2v) is 5.17. The molecule has 1 aromatic carbocycles. The van der Waals surface area contributed by atoms with Crippen LogP contribution in [-0.4, -0.2) is 25.6 Å². The van der Waals surface area contributed by atoms with Crippen molar-refractivity contribution in [2.45, 2.75) is 20.4 Å². The SMILES string of the molecule is Cc1cnc(Cn2c(C(=O)O)cc3cc(F)ccc32)c(C)n1. The Morgan fingerprint density at radius 1 is 1.32 bits per heavy atom. The Labute approximate surface area is 126 Å². The van der Waals surface area contributed by atoms with Crippen molar-refractivity contribution in [1.82, 2.24) is 14.5 Å². The van der Waals surface area contributed by atoms with Gasteiger partial charge in [-0.1, -0.05) is 0 Å². The molecule has 1 N–H and O–H groups in total. The summed E-state index contributed by atoms with van der Waals surface area (Å²) >= 11 is 0. The summed E-state index contributed by atoms with van der Waals surface area (Å²) in [6.07, 6.45) is 1.65. The van der Waals surface area contributed by atoms with Crippen LogP contribution >= 0.6 is 0 Å². The molecule has 0 aliphatic carbocycles. The second kappa shape index (κ2) is 5.22. The minimum atomic E-state index is -1.06. The van der Waals surface area contributed by atoms with E-state index in [2.05, 4.69) is 9.97 Å². The molecule has 3 rings (SSSR count). The van der Waals surface area contributed by atoms with Crippen molar-refractivity contribution in [2.24, 2.45) is 0 Å². The lowest BCUT2D eigenvalue weighted by Crippen LogP contribution is -2.12. The van der Waals surface area contributed by atoms with E-state index < -0.39 is 11.8 Å². The maximum atomic E-state index is 13.3. The van der Waals surface area contributed by atoms with Gasteiger partial charge < -0.3 is 9.67 Å². The first-order valence-electron chi connectivity index (χ1n) is 6.77. The number of hydrogen-bond acceptors (Lipinski definition) is 3. The Kier molecular flexibility index (Phi) is 3.36. The minimum absolute atomic E-state index is 0.0994. The van der Waals surface area contributed by atoms with Gasteiger partial charge in [-0.25, -0.2) is 9.18 Å². The number of hydrogen-bond donors (Lipinski definition) is 1. The van der Waals surface area contributed by atoms with Crippen molar-refractivity contribution in [1.29, 1.82) is 0 Å². The number of carboxylic acids is 1. The molecule has 0 bridgehead atoms. The first kappa shape index (κ1) is 14.2. The van der Waals surface area contributed by atoms with Crippen LogP contribution in [0.1, 0.15) is 27.6 Å². The zero-order chi connectivity index (χ0) is 15.9. The smallest absolute Gasteiger partial charge is 0.352 e. The van der Waals surface area contributed by atoms with Crippen molar-refractivity contribution < 1.29 is 14.3 Å². The predicted octanol–water partition coefficient (Wildman–Crippen LogP) is 2.93. The van der Waals surface area contributed by atoms with Crippen LogP contribution in [0.15, 0.2) is 30.5 Å². The number of aromatic carboxylic acids is 1. The first-order chi connectivity index (χ1) is 10.5. The van der Waals surface area contributed by atoms with Gasteiger partial charge in [-0.05, 0) is 38.1 Å². The molecule has 0 saturated carbocycles. The molecular weight excluding hydrogens is 285 g/mol. The van der Waals surface area contributed by atoms with Gasteiger partial charge in [0, 0.05) is 17.1 Å². The zero-order valence-electron chi connectivity index (χ0n) is 12.2. The highest BCUT2D eigenvalue weighted by Gasteiger charge is 2.16. The largest absolute Gasteiger partial charge is 0.477 e. The number of carboxylic acid groups (broad SMARTS) is 1. The lowest BCUT2D eigenvalue weighted by atomic mass is 10.2. The topological polar surface area (TPSA) is 68.0 Å². The quantitative estimate of drug-likeness (QED) is 0.807. The standard InChI is InChI=1S/C16H14FN3O2/c1-9-7-18-13(10(2)19-9)8-20-14-4-3-12(17)5-11(14)6-15(20)16(21)22/h3-7H,8H2,1-2H3,(H,21,22). The number of rotatable bonds is 3. The Bertz CT molecular complexity index is 886. The normalized spacial score (nSPS) is 11.0. The molecule has 0 atom stereocenters. The van der Waals surface area contributed by atoms with Crippen LogP contribution < -0.4 is 0 Å². The van der Waals surface area contributed by atoms with E-state index in [1.54, 1.807) is 16.8 Å². The molecule has 0 aliphatic heterocycles. The van der Waals surface area contributed by atoms with Gasteiger partial charge in [-0.3, -0.25) is 9.97 Å².